The van der Waals surface area contributed by atoms with E-state index < -0.39 is 0 Å². The Bertz CT molecular complexity index is 656. The first-order chi connectivity index (χ1) is 9.60. The third-order valence-corrected chi connectivity index (χ3v) is 3.03. The Morgan fingerprint density at radius 2 is 2.00 bits per heavy atom. The van der Waals surface area contributed by atoms with Crippen LogP contribution in [0.4, 0.5) is 11.4 Å². The monoisotopic (exact) mass is 288 g/mol. The van der Waals surface area contributed by atoms with Crippen molar-refractivity contribution in [2.45, 2.75) is 6.92 Å². The molecule has 2 aromatic carbocycles. The molecule has 0 fully saturated rings. The summed E-state index contributed by atoms with van der Waals surface area (Å²) in [6.07, 6.45) is 0.568. The Balaban J connectivity index is 2.21. The van der Waals surface area contributed by atoms with Crippen molar-refractivity contribution in [2.24, 2.45) is 0 Å². The van der Waals surface area contributed by atoms with Crippen LogP contribution in [0.1, 0.15) is 15.9 Å². The van der Waals surface area contributed by atoms with E-state index in [1.54, 1.807) is 36.4 Å². The predicted octanol–water partition coefficient (Wildman–Crippen LogP) is 3.47. The quantitative estimate of drug-likeness (QED) is 0.846. The van der Waals surface area contributed by atoms with Crippen molar-refractivity contribution in [3.63, 3.8) is 0 Å². The summed E-state index contributed by atoms with van der Waals surface area (Å²) >= 11 is 5.91. The average molecular weight is 289 g/mol. The SMILES string of the molecule is Cc1ccc(Cl)cc1NC(=O)c1cccc(NC=O)c1. The number of amides is 2. The molecule has 102 valence electrons. The Labute approximate surface area is 121 Å². The summed E-state index contributed by atoms with van der Waals surface area (Å²) < 4.78 is 0. The maximum absolute atomic E-state index is 12.2. The van der Waals surface area contributed by atoms with Gasteiger partial charge in [0, 0.05) is 22.0 Å². The molecule has 0 saturated carbocycles. The van der Waals surface area contributed by atoms with Crippen LogP contribution in [-0.4, -0.2) is 12.3 Å². The van der Waals surface area contributed by atoms with Gasteiger partial charge in [0.2, 0.25) is 6.41 Å². The van der Waals surface area contributed by atoms with Crippen molar-refractivity contribution in [3.05, 3.63) is 58.6 Å². The lowest BCUT2D eigenvalue weighted by atomic mass is 10.1. The van der Waals surface area contributed by atoms with Gasteiger partial charge in [-0.05, 0) is 42.8 Å². The number of hydrogen-bond donors (Lipinski definition) is 2. The molecule has 2 rings (SSSR count). The molecule has 0 spiro atoms. The van der Waals surface area contributed by atoms with Crippen molar-refractivity contribution < 1.29 is 9.59 Å². The van der Waals surface area contributed by atoms with Gasteiger partial charge in [0.1, 0.15) is 0 Å². The molecule has 0 heterocycles. The van der Waals surface area contributed by atoms with E-state index in [9.17, 15) is 9.59 Å². The number of hydrogen-bond acceptors (Lipinski definition) is 2. The van der Waals surface area contributed by atoms with E-state index in [2.05, 4.69) is 10.6 Å². The maximum Gasteiger partial charge on any atom is 0.255 e. The number of benzene rings is 2. The summed E-state index contributed by atoms with van der Waals surface area (Å²) in [5, 5.41) is 5.86. The molecular formula is C15H13ClN2O2. The number of rotatable bonds is 4. The van der Waals surface area contributed by atoms with Gasteiger partial charge in [0.15, 0.2) is 0 Å². The summed E-state index contributed by atoms with van der Waals surface area (Å²) in [6.45, 7) is 1.89. The van der Waals surface area contributed by atoms with Gasteiger partial charge in [0.25, 0.3) is 5.91 Å². The smallest absolute Gasteiger partial charge is 0.255 e. The summed E-state index contributed by atoms with van der Waals surface area (Å²) in [6, 6.07) is 12.0. The van der Waals surface area contributed by atoms with Crippen LogP contribution in [0.25, 0.3) is 0 Å². The standard InChI is InChI=1S/C15H13ClN2O2/c1-10-5-6-12(16)8-14(10)18-15(20)11-3-2-4-13(7-11)17-9-19/h2-9H,1H3,(H,17,19)(H,18,20). The molecule has 0 aliphatic rings. The second-order valence-corrected chi connectivity index (χ2v) is 4.69. The van der Waals surface area contributed by atoms with E-state index in [0.717, 1.165) is 5.56 Å². The summed E-state index contributed by atoms with van der Waals surface area (Å²) in [5.41, 5.74) is 2.60. The Morgan fingerprint density at radius 1 is 1.20 bits per heavy atom. The number of aryl methyl sites for hydroxylation is 1. The molecule has 5 heteroatoms. The Hall–Kier alpha value is -2.33. The van der Waals surface area contributed by atoms with Crippen LogP contribution in [0.15, 0.2) is 42.5 Å². The number of carbonyl (C=O) groups is 2. The topological polar surface area (TPSA) is 58.2 Å². The fourth-order valence-electron chi connectivity index (χ4n) is 1.74. The van der Waals surface area contributed by atoms with E-state index >= 15 is 0 Å². The first-order valence-electron chi connectivity index (χ1n) is 5.98. The largest absolute Gasteiger partial charge is 0.329 e. The fourth-order valence-corrected chi connectivity index (χ4v) is 1.91. The molecule has 4 nitrogen and oxygen atoms in total. The van der Waals surface area contributed by atoms with E-state index in [-0.39, 0.29) is 5.91 Å². The number of nitrogens with one attached hydrogen (secondary N) is 2. The van der Waals surface area contributed by atoms with Gasteiger partial charge >= 0.3 is 0 Å². The molecule has 0 unspecified atom stereocenters. The predicted molar refractivity (Wildman–Crippen MR) is 80.3 cm³/mol. The highest BCUT2D eigenvalue weighted by atomic mass is 35.5. The second-order valence-electron chi connectivity index (χ2n) is 4.26. The highest BCUT2D eigenvalue weighted by Gasteiger charge is 2.08. The number of anilines is 2. The number of halogens is 1. The normalized spacial score (nSPS) is 9.90. The molecule has 0 atom stereocenters. The molecule has 2 N–H and O–H groups in total. The van der Waals surface area contributed by atoms with Crippen LogP contribution in [0.5, 0.6) is 0 Å². The molecule has 2 amide bonds. The van der Waals surface area contributed by atoms with E-state index in [4.69, 9.17) is 11.6 Å². The molecule has 0 aromatic heterocycles. The Morgan fingerprint density at radius 3 is 2.75 bits per heavy atom. The van der Waals surface area contributed by atoms with Crippen LogP contribution < -0.4 is 10.6 Å². The molecule has 0 bridgehead atoms. The first-order valence-corrected chi connectivity index (χ1v) is 6.35. The Kier molecular flexibility index (Phi) is 4.38. The number of carbonyl (C=O) groups excluding carboxylic acids is 2. The minimum Gasteiger partial charge on any atom is -0.329 e. The minimum absolute atomic E-state index is 0.259. The lowest BCUT2D eigenvalue weighted by molar-refractivity contribution is -0.105. The lowest BCUT2D eigenvalue weighted by Crippen LogP contribution is -2.13. The summed E-state index contributed by atoms with van der Waals surface area (Å²) in [5.74, 6) is -0.259. The maximum atomic E-state index is 12.2. The van der Waals surface area contributed by atoms with E-state index in [1.165, 1.54) is 0 Å². The van der Waals surface area contributed by atoms with Gasteiger partial charge in [-0.15, -0.1) is 0 Å². The molecule has 20 heavy (non-hydrogen) atoms. The van der Waals surface area contributed by atoms with Crippen molar-refractivity contribution in [2.75, 3.05) is 10.6 Å². The van der Waals surface area contributed by atoms with Gasteiger partial charge in [-0.3, -0.25) is 9.59 Å². The summed E-state index contributed by atoms with van der Waals surface area (Å²) in [4.78, 5) is 22.6. The van der Waals surface area contributed by atoms with Crippen LogP contribution in [0.2, 0.25) is 5.02 Å². The van der Waals surface area contributed by atoms with Crippen LogP contribution in [0.3, 0.4) is 0 Å². The molecule has 0 aliphatic carbocycles. The van der Waals surface area contributed by atoms with E-state index in [1.807, 2.05) is 13.0 Å². The summed E-state index contributed by atoms with van der Waals surface area (Å²) in [7, 11) is 0. The molecule has 0 aliphatic heterocycles. The second kappa shape index (κ2) is 6.21. The van der Waals surface area contributed by atoms with E-state index in [0.29, 0.717) is 28.4 Å². The van der Waals surface area contributed by atoms with Crippen molar-refractivity contribution >= 4 is 35.3 Å². The molecular weight excluding hydrogens is 276 g/mol. The zero-order valence-corrected chi connectivity index (χ0v) is 11.6. The average Bonchev–Trinajstić information content (AvgIpc) is 2.43. The molecule has 0 saturated heterocycles. The highest BCUT2D eigenvalue weighted by Crippen LogP contribution is 2.21. The van der Waals surface area contributed by atoms with Crippen LogP contribution >= 0.6 is 11.6 Å². The van der Waals surface area contributed by atoms with Crippen LogP contribution in [-0.2, 0) is 4.79 Å². The first kappa shape index (κ1) is 14.1. The van der Waals surface area contributed by atoms with Crippen molar-refractivity contribution in [1.82, 2.24) is 0 Å². The zero-order chi connectivity index (χ0) is 14.5. The third kappa shape index (κ3) is 3.36. The van der Waals surface area contributed by atoms with Crippen LogP contribution in [0, 0.1) is 6.92 Å². The van der Waals surface area contributed by atoms with Gasteiger partial charge in [-0.25, -0.2) is 0 Å². The minimum atomic E-state index is -0.259. The highest BCUT2D eigenvalue weighted by molar-refractivity contribution is 6.31. The third-order valence-electron chi connectivity index (χ3n) is 2.80. The van der Waals surface area contributed by atoms with Gasteiger partial charge in [-0.2, -0.15) is 0 Å². The van der Waals surface area contributed by atoms with Crippen molar-refractivity contribution in [3.8, 4) is 0 Å². The van der Waals surface area contributed by atoms with Gasteiger partial charge in [-0.1, -0.05) is 23.7 Å². The van der Waals surface area contributed by atoms with Crippen molar-refractivity contribution in [1.29, 1.82) is 0 Å². The van der Waals surface area contributed by atoms with Gasteiger partial charge in [0.05, 0.1) is 0 Å². The molecule has 0 radical (unpaired) electrons. The van der Waals surface area contributed by atoms with Gasteiger partial charge < -0.3 is 10.6 Å². The zero-order valence-electron chi connectivity index (χ0n) is 10.8. The lowest BCUT2D eigenvalue weighted by Gasteiger charge is -2.09. The fraction of sp³-hybridized carbons (Fsp3) is 0.0667. The molecule has 2 aromatic rings.